The fraction of sp³-hybridized carbons (Fsp3) is 0.333. The van der Waals surface area contributed by atoms with Crippen LogP contribution in [-0.4, -0.2) is 40.5 Å². The molecule has 10 heteroatoms. The first-order valence-electron chi connectivity index (χ1n) is 8.57. The van der Waals surface area contributed by atoms with Crippen LogP contribution in [0.1, 0.15) is 30.0 Å². The average molecular weight is 406 g/mol. The van der Waals surface area contributed by atoms with Crippen molar-refractivity contribution in [3.05, 3.63) is 41.7 Å². The molecule has 0 saturated carbocycles. The Morgan fingerprint density at radius 3 is 2.54 bits per heavy atom. The third-order valence-corrected chi connectivity index (χ3v) is 4.60. The van der Waals surface area contributed by atoms with Gasteiger partial charge in [-0.05, 0) is 45.0 Å². The molecule has 0 saturated heterocycles. The number of rotatable bonds is 8. The molecular formula is C18H22N4O5S. The molecule has 9 nitrogen and oxygen atoms in total. The number of thioether (sulfide) groups is 1. The number of nitrogens with one attached hydrogen (secondary N) is 3. The molecule has 1 aromatic carbocycles. The van der Waals surface area contributed by atoms with Gasteiger partial charge in [0.25, 0.3) is 5.91 Å². The monoisotopic (exact) mass is 406 g/mol. The second-order valence-corrected chi connectivity index (χ2v) is 7.05. The number of aryl methyl sites for hydroxylation is 1. The van der Waals surface area contributed by atoms with Crippen molar-refractivity contribution in [3.8, 4) is 5.75 Å². The Balaban J connectivity index is 1.71. The van der Waals surface area contributed by atoms with Crippen LogP contribution in [0.3, 0.4) is 0 Å². The Labute approximate surface area is 166 Å². The van der Waals surface area contributed by atoms with Crippen LogP contribution in [-0.2, 0) is 9.59 Å². The molecule has 2 rings (SSSR count). The summed E-state index contributed by atoms with van der Waals surface area (Å²) in [6.07, 6.45) is 0. The highest BCUT2D eigenvalue weighted by atomic mass is 32.2. The number of benzene rings is 1. The highest BCUT2D eigenvalue weighted by Gasteiger charge is 2.17. The molecule has 0 spiro atoms. The van der Waals surface area contributed by atoms with E-state index in [-0.39, 0.29) is 11.7 Å². The molecule has 0 aliphatic heterocycles. The largest absolute Gasteiger partial charge is 0.494 e. The maximum absolute atomic E-state index is 12.0. The smallest absolute Gasteiger partial charge is 0.269 e. The first-order valence-corrected chi connectivity index (χ1v) is 9.61. The Morgan fingerprint density at radius 2 is 1.93 bits per heavy atom. The van der Waals surface area contributed by atoms with Crippen molar-refractivity contribution in [2.75, 3.05) is 17.7 Å². The van der Waals surface area contributed by atoms with Gasteiger partial charge in [0.05, 0.1) is 17.6 Å². The van der Waals surface area contributed by atoms with E-state index in [4.69, 9.17) is 9.26 Å². The highest BCUT2D eigenvalue weighted by molar-refractivity contribution is 8.01. The number of hydrogen-bond acceptors (Lipinski definition) is 7. The molecule has 28 heavy (non-hydrogen) atoms. The Morgan fingerprint density at radius 1 is 1.21 bits per heavy atom. The number of ether oxygens (including phenoxy) is 1. The quantitative estimate of drug-likeness (QED) is 0.572. The van der Waals surface area contributed by atoms with Gasteiger partial charge in [0, 0.05) is 11.6 Å². The maximum atomic E-state index is 12.0. The Kier molecular flexibility index (Phi) is 7.88. The second kappa shape index (κ2) is 10.4. The normalized spacial score (nSPS) is 11.4. The van der Waals surface area contributed by atoms with E-state index in [0.717, 1.165) is 11.8 Å². The molecule has 0 aliphatic carbocycles. The molecule has 1 aromatic heterocycles. The summed E-state index contributed by atoms with van der Waals surface area (Å²) in [5.74, 6) is 0.378. The third kappa shape index (κ3) is 6.62. The topological polar surface area (TPSA) is 123 Å². The first-order chi connectivity index (χ1) is 13.4. The molecule has 0 radical (unpaired) electrons. The van der Waals surface area contributed by atoms with Crippen molar-refractivity contribution in [2.45, 2.75) is 26.0 Å². The number of anilines is 1. The molecule has 1 atom stereocenters. The van der Waals surface area contributed by atoms with E-state index in [1.54, 1.807) is 44.2 Å². The molecule has 3 N–H and O–H groups in total. The molecule has 2 aromatic rings. The second-order valence-electron chi connectivity index (χ2n) is 5.72. The minimum absolute atomic E-state index is 0.00398. The number of aromatic nitrogens is 1. The van der Waals surface area contributed by atoms with E-state index >= 15 is 0 Å². The Bertz CT molecular complexity index is 822. The van der Waals surface area contributed by atoms with E-state index in [1.807, 2.05) is 6.92 Å². The predicted octanol–water partition coefficient (Wildman–Crippen LogP) is 1.90. The van der Waals surface area contributed by atoms with E-state index in [1.165, 1.54) is 0 Å². The fourth-order valence-electron chi connectivity index (χ4n) is 2.03. The standard InChI is InChI=1S/C18H22N4O5S/c1-4-26-14-7-5-13(6-8-14)18(25)21-20-16(23)10-28-12(3)17(24)19-15-9-11(2)27-22-15/h5-9,12H,4,10H2,1-3H3,(H,20,23)(H,21,25)(H,19,22,24)/t12-/m0/s1. The minimum atomic E-state index is -0.496. The van der Waals surface area contributed by atoms with Crippen LogP contribution in [0.2, 0.25) is 0 Å². The summed E-state index contributed by atoms with van der Waals surface area (Å²) in [5, 5.41) is 5.78. The summed E-state index contributed by atoms with van der Waals surface area (Å²) in [6.45, 7) is 5.79. The van der Waals surface area contributed by atoms with E-state index < -0.39 is 17.1 Å². The van der Waals surface area contributed by atoms with E-state index in [0.29, 0.717) is 29.5 Å². The summed E-state index contributed by atoms with van der Waals surface area (Å²) >= 11 is 1.12. The molecule has 0 aliphatic rings. The van der Waals surface area contributed by atoms with Gasteiger partial charge < -0.3 is 14.6 Å². The lowest BCUT2D eigenvalue weighted by Crippen LogP contribution is -2.42. The van der Waals surface area contributed by atoms with Gasteiger partial charge in [-0.15, -0.1) is 11.8 Å². The summed E-state index contributed by atoms with van der Waals surface area (Å²) in [4.78, 5) is 35.9. The van der Waals surface area contributed by atoms with Crippen molar-refractivity contribution in [1.29, 1.82) is 0 Å². The number of hydrazine groups is 1. The minimum Gasteiger partial charge on any atom is -0.494 e. The van der Waals surface area contributed by atoms with Crippen molar-refractivity contribution in [1.82, 2.24) is 16.0 Å². The Hall–Kier alpha value is -3.01. The molecular weight excluding hydrogens is 384 g/mol. The summed E-state index contributed by atoms with van der Waals surface area (Å²) < 4.78 is 10.2. The lowest BCUT2D eigenvalue weighted by Gasteiger charge is -2.11. The SMILES string of the molecule is CCOc1ccc(C(=O)NNC(=O)CS[C@@H](C)C(=O)Nc2cc(C)on2)cc1. The predicted molar refractivity (Wildman–Crippen MR) is 105 cm³/mol. The molecule has 150 valence electrons. The average Bonchev–Trinajstić information content (AvgIpc) is 3.09. The zero-order valence-electron chi connectivity index (χ0n) is 15.8. The number of nitrogens with zero attached hydrogens (tertiary/aromatic N) is 1. The number of amides is 3. The van der Waals surface area contributed by atoms with E-state index in [2.05, 4.69) is 21.3 Å². The summed E-state index contributed by atoms with van der Waals surface area (Å²) in [5.41, 5.74) is 5.03. The summed E-state index contributed by atoms with van der Waals surface area (Å²) in [6, 6.07) is 8.14. The molecule has 3 amide bonds. The van der Waals surface area contributed by atoms with Crippen LogP contribution < -0.4 is 20.9 Å². The first kappa shape index (κ1) is 21.3. The lowest BCUT2D eigenvalue weighted by molar-refractivity contribution is -0.119. The van der Waals surface area contributed by atoms with Gasteiger partial charge in [-0.25, -0.2) is 0 Å². The number of carbonyl (C=O) groups excluding carboxylic acids is 3. The van der Waals surface area contributed by atoms with Crippen LogP contribution in [0.15, 0.2) is 34.9 Å². The lowest BCUT2D eigenvalue weighted by atomic mass is 10.2. The maximum Gasteiger partial charge on any atom is 0.269 e. The van der Waals surface area contributed by atoms with Gasteiger partial charge in [-0.2, -0.15) is 0 Å². The van der Waals surface area contributed by atoms with Crippen LogP contribution in [0.25, 0.3) is 0 Å². The van der Waals surface area contributed by atoms with Gasteiger partial charge in [-0.1, -0.05) is 5.16 Å². The van der Waals surface area contributed by atoms with Crippen molar-refractivity contribution in [2.24, 2.45) is 0 Å². The van der Waals surface area contributed by atoms with Crippen molar-refractivity contribution >= 4 is 35.3 Å². The van der Waals surface area contributed by atoms with Crippen LogP contribution >= 0.6 is 11.8 Å². The van der Waals surface area contributed by atoms with Gasteiger partial charge in [-0.3, -0.25) is 25.2 Å². The van der Waals surface area contributed by atoms with Gasteiger partial charge in [0.2, 0.25) is 11.8 Å². The molecule has 0 bridgehead atoms. The summed E-state index contributed by atoms with van der Waals surface area (Å²) in [7, 11) is 0. The fourth-order valence-corrected chi connectivity index (χ4v) is 2.72. The van der Waals surface area contributed by atoms with Crippen LogP contribution in [0, 0.1) is 6.92 Å². The zero-order chi connectivity index (χ0) is 20.5. The number of carbonyl (C=O) groups is 3. The number of hydrogen-bond donors (Lipinski definition) is 3. The van der Waals surface area contributed by atoms with Crippen LogP contribution in [0.4, 0.5) is 5.82 Å². The molecule has 0 fully saturated rings. The van der Waals surface area contributed by atoms with Crippen molar-refractivity contribution < 1.29 is 23.6 Å². The van der Waals surface area contributed by atoms with Crippen molar-refractivity contribution in [3.63, 3.8) is 0 Å². The van der Waals surface area contributed by atoms with Gasteiger partial charge in [0.1, 0.15) is 11.5 Å². The van der Waals surface area contributed by atoms with Gasteiger partial charge in [0.15, 0.2) is 5.82 Å². The van der Waals surface area contributed by atoms with Crippen LogP contribution in [0.5, 0.6) is 5.75 Å². The van der Waals surface area contributed by atoms with Gasteiger partial charge >= 0.3 is 0 Å². The molecule has 1 heterocycles. The van der Waals surface area contributed by atoms with E-state index in [9.17, 15) is 14.4 Å². The molecule has 0 unspecified atom stereocenters. The zero-order valence-corrected chi connectivity index (χ0v) is 16.6. The highest BCUT2D eigenvalue weighted by Crippen LogP contribution is 2.14. The third-order valence-electron chi connectivity index (χ3n) is 3.46.